The molecular formula is C28H29BrN2O6S. The minimum atomic E-state index is -0.754. The lowest BCUT2D eigenvalue weighted by molar-refractivity contribution is -0.139. The molecule has 2 heterocycles. The van der Waals surface area contributed by atoms with E-state index in [2.05, 4.69) is 20.9 Å². The number of esters is 1. The molecule has 0 aliphatic carbocycles. The van der Waals surface area contributed by atoms with Gasteiger partial charge in [0.05, 0.1) is 48.8 Å². The van der Waals surface area contributed by atoms with Gasteiger partial charge in [-0.15, -0.1) is 0 Å². The zero-order chi connectivity index (χ0) is 27.4. The van der Waals surface area contributed by atoms with Crippen LogP contribution >= 0.6 is 27.3 Å². The van der Waals surface area contributed by atoms with Gasteiger partial charge in [-0.05, 0) is 75.2 Å². The summed E-state index contributed by atoms with van der Waals surface area (Å²) in [4.78, 5) is 32.2. The molecule has 1 aliphatic heterocycles. The molecule has 10 heteroatoms. The highest BCUT2D eigenvalue weighted by atomic mass is 79.9. The van der Waals surface area contributed by atoms with Crippen LogP contribution in [0.3, 0.4) is 0 Å². The number of halogens is 1. The standard InChI is InChI=1S/C28H29BrN2O6S/c1-6-35-21-12-9-17(14-22(21)36-7-2)25-24(27(33)37-8-3)16(4)30-28-31(25)26(32)23(38-28)15-18-13-19(34-5)10-11-20(18)29/h9-15,25H,6-8H2,1-5H3/b23-15-/t25-/m0/s1. The largest absolute Gasteiger partial charge is 0.497 e. The number of nitrogens with zero attached hydrogens (tertiary/aromatic N) is 2. The normalized spacial score (nSPS) is 15.1. The lowest BCUT2D eigenvalue weighted by Crippen LogP contribution is -2.40. The van der Waals surface area contributed by atoms with E-state index < -0.39 is 12.0 Å². The highest BCUT2D eigenvalue weighted by molar-refractivity contribution is 9.10. The van der Waals surface area contributed by atoms with E-state index in [0.717, 1.165) is 10.0 Å². The average molecular weight is 602 g/mol. The molecule has 3 aromatic rings. The zero-order valence-corrected chi connectivity index (χ0v) is 24.3. The van der Waals surface area contributed by atoms with Crippen LogP contribution in [0.25, 0.3) is 6.08 Å². The van der Waals surface area contributed by atoms with Gasteiger partial charge in [-0.3, -0.25) is 9.36 Å². The molecule has 0 amide bonds. The summed E-state index contributed by atoms with van der Waals surface area (Å²) in [6.07, 6.45) is 1.79. The Morgan fingerprint density at radius 1 is 1.08 bits per heavy atom. The number of thiazole rings is 1. The van der Waals surface area contributed by atoms with E-state index in [4.69, 9.17) is 18.9 Å². The number of ether oxygens (including phenoxy) is 4. The van der Waals surface area contributed by atoms with E-state index >= 15 is 0 Å². The van der Waals surface area contributed by atoms with Crippen molar-refractivity contribution in [2.75, 3.05) is 26.9 Å². The molecule has 0 saturated heterocycles. The topological polar surface area (TPSA) is 88.4 Å². The summed E-state index contributed by atoms with van der Waals surface area (Å²) in [5.41, 5.74) is 2.00. The van der Waals surface area contributed by atoms with E-state index in [0.29, 0.717) is 56.6 Å². The van der Waals surface area contributed by atoms with Gasteiger partial charge in [0, 0.05) is 4.47 Å². The van der Waals surface area contributed by atoms with Crippen LogP contribution in [0.5, 0.6) is 17.2 Å². The van der Waals surface area contributed by atoms with Crippen LogP contribution in [-0.4, -0.2) is 37.5 Å². The molecule has 8 nitrogen and oxygen atoms in total. The van der Waals surface area contributed by atoms with Crippen molar-refractivity contribution < 1.29 is 23.7 Å². The Balaban J connectivity index is 1.96. The molecule has 1 aliphatic rings. The van der Waals surface area contributed by atoms with E-state index in [9.17, 15) is 9.59 Å². The second-order valence-electron chi connectivity index (χ2n) is 8.26. The Hall–Kier alpha value is -3.37. The smallest absolute Gasteiger partial charge is 0.338 e. The first-order valence-corrected chi connectivity index (χ1v) is 13.9. The SMILES string of the molecule is CCOC(=O)C1=C(C)N=c2s/c(=C\c3cc(OC)ccc3Br)c(=O)n2[C@H]1c1ccc(OCC)c(OCC)c1. The Morgan fingerprint density at radius 3 is 2.50 bits per heavy atom. The van der Waals surface area contributed by atoms with E-state index in [1.165, 1.54) is 11.3 Å². The van der Waals surface area contributed by atoms with E-state index in [1.807, 2.05) is 44.2 Å². The molecular weight excluding hydrogens is 572 g/mol. The molecule has 0 radical (unpaired) electrons. The Labute approximate surface area is 233 Å². The molecule has 38 heavy (non-hydrogen) atoms. The van der Waals surface area contributed by atoms with Crippen molar-refractivity contribution in [3.63, 3.8) is 0 Å². The predicted octanol–water partition coefficient (Wildman–Crippen LogP) is 4.37. The van der Waals surface area contributed by atoms with Gasteiger partial charge >= 0.3 is 5.97 Å². The summed E-state index contributed by atoms with van der Waals surface area (Å²) >= 11 is 4.81. The van der Waals surface area contributed by atoms with Crippen LogP contribution in [0.2, 0.25) is 0 Å². The minimum absolute atomic E-state index is 0.199. The second kappa shape index (κ2) is 12.0. The van der Waals surface area contributed by atoms with Crippen molar-refractivity contribution in [3.8, 4) is 17.2 Å². The van der Waals surface area contributed by atoms with Gasteiger partial charge in [0.15, 0.2) is 16.3 Å². The van der Waals surface area contributed by atoms with Crippen molar-refractivity contribution >= 4 is 39.3 Å². The van der Waals surface area contributed by atoms with Crippen molar-refractivity contribution in [3.05, 3.63) is 83.0 Å². The fraction of sp³-hybridized carbons (Fsp3) is 0.321. The first-order valence-electron chi connectivity index (χ1n) is 12.3. The summed E-state index contributed by atoms with van der Waals surface area (Å²) < 4.78 is 25.1. The van der Waals surface area contributed by atoms with Gasteiger partial charge in [-0.2, -0.15) is 0 Å². The van der Waals surface area contributed by atoms with Crippen molar-refractivity contribution in [1.82, 2.24) is 4.57 Å². The second-order valence-corrected chi connectivity index (χ2v) is 10.1. The van der Waals surface area contributed by atoms with Crippen molar-refractivity contribution in [2.45, 2.75) is 33.7 Å². The fourth-order valence-corrected chi connectivity index (χ4v) is 5.64. The third-order valence-electron chi connectivity index (χ3n) is 5.89. The van der Waals surface area contributed by atoms with Crippen molar-refractivity contribution in [2.24, 2.45) is 4.99 Å². The number of methoxy groups -OCH3 is 1. The van der Waals surface area contributed by atoms with E-state index in [1.54, 1.807) is 37.7 Å². The Kier molecular flexibility index (Phi) is 8.73. The lowest BCUT2D eigenvalue weighted by Gasteiger charge is -2.25. The third kappa shape index (κ3) is 5.42. The summed E-state index contributed by atoms with van der Waals surface area (Å²) in [5, 5.41) is 0. The average Bonchev–Trinajstić information content (AvgIpc) is 3.20. The highest BCUT2D eigenvalue weighted by Gasteiger charge is 2.34. The van der Waals surface area contributed by atoms with Crippen LogP contribution in [0.15, 0.2) is 61.9 Å². The monoisotopic (exact) mass is 600 g/mol. The number of benzene rings is 2. The van der Waals surface area contributed by atoms with Gasteiger partial charge in [-0.25, -0.2) is 9.79 Å². The number of carbonyl (C=O) groups is 1. The number of allylic oxidation sites excluding steroid dienone is 1. The molecule has 0 saturated carbocycles. The number of hydrogen-bond acceptors (Lipinski definition) is 8. The zero-order valence-electron chi connectivity index (χ0n) is 21.9. The molecule has 200 valence electrons. The summed E-state index contributed by atoms with van der Waals surface area (Å²) in [5.74, 6) is 1.28. The van der Waals surface area contributed by atoms with Crippen LogP contribution in [0.4, 0.5) is 0 Å². The molecule has 1 atom stereocenters. The molecule has 0 fully saturated rings. The molecule has 0 spiro atoms. The van der Waals surface area contributed by atoms with E-state index in [-0.39, 0.29) is 12.2 Å². The first kappa shape index (κ1) is 27.7. The summed E-state index contributed by atoms with van der Waals surface area (Å²) in [6.45, 7) is 8.39. The van der Waals surface area contributed by atoms with Gasteiger partial charge in [-0.1, -0.05) is 33.3 Å². The lowest BCUT2D eigenvalue weighted by atomic mass is 9.95. The molecule has 0 N–H and O–H groups in total. The maximum atomic E-state index is 13.9. The third-order valence-corrected chi connectivity index (χ3v) is 7.60. The maximum Gasteiger partial charge on any atom is 0.338 e. The number of carbonyl (C=O) groups excluding carboxylic acids is 1. The van der Waals surface area contributed by atoms with Gasteiger partial charge in [0.25, 0.3) is 5.56 Å². The van der Waals surface area contributed by atoms with Gasteiger partial charge in [0.2, 0.25) is 0 Å². The summed E-state index contributed by atoms with van der Waals surface area (Å²) in [6, 6.07) is 10.2. The predicted molar refractivity (Wildman–Crippen MR) is 150 cm³/mol. The first-order chi connectivity index (χ1) is 18.3. The number of hydrogen-bond donors (Lipinski definition) is 0. The number of aromatic nitrogens is 1. The highest BCUT2D eigenvalue weighted by Crippen LogP contribution is 2.36. The quantitative estimate of drug-likeness (QED) is 0.339. The molecule has 2 aromatic carbocycles. The van der Waals surface area contributed by atoms with Gasteiger partial charge < -0.3 is 18.9 Å². The minimum Gasteiger partial charge on any atom is -0.497 e. The molecule has 0 bridgehead atoms. The Morgan fingerprint density at radius 2 is 1.82 bits per heavy atom. The van der Waals surface area contributed by atoms with Gasteiger partial charge in [0.1, 0.15) is 5.75 Å². The molecule has 0 unspecified atom stereocenters. The van der Waals surface area contributed by atoms with Crippen LogP contribution in [0, 0.1) is 0 Å². The van der Waals surface area contributed by atoms with Crippen LogP contribution in [-0.2, 0) is 9.53 Å². The molecule has 1 aromatic heterocycles. The number of rotatable bonds is 9. The molecule has 4 rings (SSSR count). The van der Waals surface area contributed by atoms with Crippen LogP contribution < -0.4 is 29.1 Å². The Bertz CT molecular complexity index is 1570. The van der Waals surface area contributed by atoms with Crippen LogP contribution in [0.1, 0.15) is 44.9 Å². The summed E-state index contributed by atoms with van der Waals surface area (Å²) in [7, 11) is 1.59. The number of fused-ring (bicyclic) bond motifs is 1. The maximum absolute atomic E-state index is 13.9. The van der Waals surface area contributed by atoms with Crippen molar-refractivity contribution in [1.29, 1.82) is 0 Å². The fourth-order valence-electron chi connectivity index (χ4n) is 4.25.